The lowest BCUT2D eigenvalue weighted by atomic mass is 10.2. The molecule has 1 aromatic heterocycles. The van der Waals surface area contributed by atoms with Crippen LogP contribution in [0.15, 0.2) is 12.3 Å². The van der Waals surface area contributed by atoms with Crippen molar-refractivity contribution in [2.75, 3.05) is 19.8 Å². The molecule has 3 nitrogen and oxygen atoms in total. The van der Waals surface area contributed by atoms with Gasteiger partial charge in [0.1, 0.15) is 0 Å². The summed E-state index contributed by atoms with van der Waals surface area (Å²) < 4.78 is 5.59. The van der Waals surface area contributed by atoms with E-state index in [1.165, 1.54) is 0 Å². The third-order valence-corrected chi connectivity index (χ3v) is 2.95. The number of hydrogen-bond acceptors (Lipinski definition) is 3. The van der Waals surface area contributed by atoms with Crippen LogP contribution in [-0.2, 0) is 4.74 Å². The molecule has 18 heavy (non-hydrogen) atoms. The first-order valence-corrected chi connectivity index (χ1v) is 7.06. The average Bonchev–Trinajstić information content (AvgIpc) is 2.34. The number of rotatable bonds is 8. The molecule has 0 aliphatic rings. The Balaban J connectivity index is 2.73. The molecule has 102 valence electrons. The molecule has 0 aliphatic carbocycles. The zero-order chi connectivity index (χ0) is 13.4. The minimum Gasteiger partial charge on any atom is -0.379 e. The summed E-state index contributed by atoms with van der Waals surface area (Å²) in [5.41, 5.74) is 0.797. The Morgan fingerprint density at radius 1 is 1.33 bits per heavy atom. The van der Waals surface area contributed by atoms with Gasteiger partial charge in [-0.25, -0.2) is 0 Å². The largest absolute Gasteiger partial charge is 0.379 e. The molecule has 1 aromatic rings. The number of ether oxygens (including phenoxy) is 1. The Morgan fingerprint density at radius 3 is 2.72 bits per heavy atom. The van der Waals surface area contributed by atoms with Crippen molar-refractivity contribution in [1.29, 1.82) is 0 Å². The highest BCUT2D eigenvalue weighted by Gasteiger charge is 2.16. The van der Waals surface area contributed by atoms with Crippen molar-refractivity contribution in [2.45, 2.75) is 32.7 Å². The summed E-state index contributed by atoms with van der Waals surface area (Å²) in [7, 11) is 0. The van der Waals surface area contributed by atoms with Gasteiger partial charge in [0.05, 0.1) is 28.4 Å². The van der Waals surface area contributed by atoms with Crippen LogP contribution in [0.2, 0.25) is 10.0 Å². The topological polar surface area (TPSA) is 34.1 Å². The average molecular weight is 291 g/mol. The standard InChI is InChI=1S/C13H20Cl2N2O/c1-3-5-16-12(9-18-6-4-2)13-11(15)7-10(14)8-17-13/h7-8,12,16H,3-6,9H2,1-2H3. The Kier molecular flexibility index (Phi) is 7.59. The van der Waals surface area contributed by atoms with Crippen LogP contribution in [0.5, 0.6) is 0 Å². The zero-order valence-corrected chi connectivity index (χ0v) is 12.4. The molecule has 1 rings (SSSR count). The van der Waals surface area contributed by atoms with Gasteiger partial charge in [0.2, 0.25) is 0 Å². The van der Waals surface area contributed by atoms with Gasteiger partial charge in [-0.2, -0.15) is 0 Å². The van der Waals surface area contributed by atoms with E-state index < -0.39 is 0 Å². The molecular weight excluding hydrogens is 271 g/mol. The van der Waals surface area contributed by atoms with Gasteiger partial charge in [0, 0.05) is 12.8 Å². The van der Waals surface area contributed by atoms with E-state index in [1.54, 1.807) is 12.3 Å². The van der Waals surface area contributed by atoms with Gasteiger partial charge in [-0.15, -0.1) is 0 Å². The normalized spacial score (nSPS) is 12.7. The molecule has 0 bridgehead atoms. The summed E-state index contributed by atoms with van der Waals surface area (Å²) in [4.78, 5) is 4.30. The van der Waals surface area contributed by atoms with Crippen molar-refractivity contribution in [3.05, 3.63) is 28.0 Å². The molecule has 1 heterocycles. The van der Waals surface area contributed by atoms with E-state index in [2.05, 4.69) is 24.1 Å². The maximum absolute atomic E-state index is 6.17. The van der Waals surface area contributed by atoms with E-state index in [4.69, 9.17) is 27.9 Å². The van der Waals surface area contributed by atoms with Crippen molar-refractivity contribution in [2.24, 2.45) is 0 Å². The summed E-state index contributed by atoms with van der Waals surface area (Å²) in [5.74, 6) is 0. The second-order valence-electron chi connectivity index (χ2n) is 4.10. The van der Waals surface area contributed by atoms with Crippen LogP contribution >= 0.6 is 23.2 Å². The molecule has 1 N–H and O–H groups in total. The number of nitrogens with zero attached hydrogens (tertiary/aromatic N) is 1. The van der Waals surface area contributed by atoms with E-state index >= 15 is 0 Å². The molecule has 0 amide bonds. The van der Waals surface area contributed by atoms with Gasteiger partial charge in [0.25, 0.3) is 0 Å². The fraction of sp³-hybridized carbons (Fsp3) is 0.615. The molecule has 0 fully saturated rings. The van der Waals surface area contributed by atoms with E-state index in [9.17, 15) is 0 Å². The van der Waals surface area contributed by atoms with Crippen LogP contribution in [0, 0.1) is 0 Å². The van der Waals surface area contributed by atoms with Crippen LogP contribution < -0.4 is 5.32 Å². The molecule has 5 heteroatoms. The summed E-state index contributed by atoms with van der Waals surface area (Å²) in [6.45, 7) is 6.42. The van der Waals surface area contributed by atoms with Gasteiger partial charge in [-0.05, 0) is 25.5 Å². The highest BCUT2D eigenvalue weighted by atomic mass is 35.5. The monoisotopic (exact) mass is 290 g/mol. The third kappa shape index (κ3) is 5.11. The smallest absolute Gasteiger partial charge is 0.0783 e. The van der Waals surface area contributed by atoms with Crippen LogP contribution in [0.3, 0.4) is 0 Å². The molecule has 0 spiro atoms. The molecule has 0 saturated heterocycles. The van der Waals surface area contributed by atoms with Crippen molar-refractivity contribution >= 4 is 23.2 Å². The van der Waals surface area contributed by atoms with Crippen LogP contribution in [-0.4, -0.2) is 24.7 Å². The zero-order valence-electron chi connectivity index (χ0n) is 10.9. The van der Waals surface area contributed by atoms with Crippen LogP contribution in [0.4, 0.5) is 0 Å². The van der Waals surface area contributed by atoms with Gasteiger partial charge in [-0.3, -0.25) is 4.98 Å². The maximum atomic E-state index is 6.17. The number of halogens is 2. The van der Waals surface area contributed by atoms with Gasteiger partial charge >= 0.3 is 0 Å². The second kappa shape index (κ2) is 8.70. The van der Waals surface area contributed by atoms with Gasteiger partial charge in [0.15, 0.2) is 0 Å². The molecular formula is C13H20Cl2N2O. The number of pyridine rings is 1. The highest BCUT2D eigenvalue weighted by Crippen LogP contribution is 2.24. The van der Waals surface area contributed by atoms with Crippen molar-refractivity contribution in [3.8, 4) is 0 Å². The predicted octanol–water partition coefficient (Wildman–Crippen LogP) is 3.86. The highest BCUT2D eigenvalue weighted by molar-refractivity contribution is 6.34. The Labute approximate surface area is 119 Å². The number of nitrogens with one attached hydrogen (secondary N) is 1. The summed E-state index contributed by atoms with van der Waals surface area (Å²) in [6, 6.07) is 1.73. The van der Waals surface area contributed by atoms with Gasteiger partial charge < -0.3 is 10.1 Å². The molecule has 0 saturated carbocycles. The summed E-state index contributed by atoms with van der Waals surface area (Å²) in [5, 5.41) is 4.52. The van der Waals surface area contributed by atoms with Crippen molar-refractivity contribution in [3.63, 3.8) is 0 Å². The van der Waals surface area contributed by atoms with Gasteiger partial charge in [-0.1, -0.05) is 37.0 Å². The van der Waals surface area contributed by atoms with Crippen LogP contribution in [0.25, 0.3) is 0 Å². The van der Waals surface area contributed by atoms with Crippen LogP contribution in [0.1, 0.15) is 38.4 Å². The van der Waals surface area contributed by atoms with E-state index in [0.717, 1.165) is 31.7 Å². The Hall–Kier alpha value is -0.350. The number of hydrogen-bond donors (Lipinski definition) is 1. The summed E-state index contributed by atoms with van der Waals surface area (Å²) >= 11 is 12.0. The number of aromatic nitrogens is 1. The first-order chi connectivity index (χ1) is 8.69. The van der Waals surface area contributed by atoms with E-state index in [-0.39, 0.29) is 6.04 Å². The lowest BCUT2D eigenvalue weighted by Crippen LogP contribution is -2.27. The Morgan fingerprint density at radius 2 is 2.11 bits per heavy atom. The minimum atomic E-state index is 0.0151. The second-order valence-corrected chi connectivity index (χ2v) is 4.95. The lowest BCUT2D eigenvalue weighted by Gasteiger charge is -2.19. The molecule has 0 aromatic carbocycles. The first-order valence-electron chi connectivity index (χ1n) is 6.31. The minimum absolute atomic E-state index is 0.0151. The van der Waals surface area contributed by atoms with E-state index in [0.29, 0.717) is 16.7 Å². The predicted molar refractivity (Wildman–Crippen MR) is 76.4 cm³/mol. The van der Waals surface area contributed by atoms with Crippen molar-refractivity contribution in [1.82, 2.24) is 10.3 Å². The third-order valence-electron chi connectivity index (χ3n) is 2.44. The molecule has 1 atom stereocenters. The molecule has 0 aliphatic heterocycles. The molecule has 1 unspecified atom stereocenters. The quantitative estimate of drug-likeness (QED) is 0.739. The lowest BCUT2D eigenvalue weighted by molar-refractivity contribution is 0.111. The van der Waals surface area contributed by atoms with E-state index in [1.807, 2.05) is 0 Å². The SMILES string of the molecule is CCCNC(COCCC)c1ncc(Cl)cc1Cl. The fourth-order valence-electron chi connectivity index (χ4n) is 1.58. The fourth-order valence-corrected chi connectivity index (χ4v) is 2.09. The van der Waals surface area contributed by atoms with Crippen molar-refractivity contribution < 1.29 is 4.74 Å². The first kappa shape index (κ1) is 15.7. The summed E-state index contributed by atoms with van der Waals surface area (Å²) in [6.07, 6.45) is 3.67. The Bertz CT molecular complexity index is 361. The molecule has 0 radical (unpaired) electrons. The maximum Gasteiger partial charge on any atom is 0.0783 e.